The fraction of sp³-hybridized carbons (Fsp3) is 0.500. The van der Waals surface area contributed by atoms with E-state index >= 15 is 0 Å². The molecule has 5 aliphatic heterocycles. The number of piperidine rings is 2. The number of halogens is 2. The number of benzene rings is 6. The molecule has 5 saturated heterocycles. The Balaban J connectivity index is 0.000000174. The predicted molar refractivity (Wildman–Crippen MR) is 408 cm³/mol. The molecule has 20 heteroatoms. The first-order valence-corrected chi connectivity index (χ1v) is 37.3. The number of carbonyl (C=O) groups is 1. The molecule has 3 atom stereocenters. The third-order valence-corrected chi connectivity index (χ3v) is 19.6. The van der Waals surface area contributed by atoms with Gasteiger partial charge in [0, 0.05) is 83.3 Å². The van der Waals surface area contributed by atoms with Crippen LogP contribution in [0.5, 0.6) is 28.7 Å². The summed E-state index contributed by atoms with van der Waals surface area (Å²) in [5, 5.41) is 27.6. The second kappa shape index (κ2) is 40.1. The number of rotatable bonds is 22. The maximum Gasteiger partial charge on any atom is 0.248 e. The highest BCUT2D eigenvalue weighted by Crippen LogP contribution is 2.34. The summed E-state index contributed by atoms with van der Waals surface area (Å²) in [4.78, 5) is 16.9. The minimum atomic E-state index is -0.522. The van der Waals surface area contributed by atoms with E-state index in [4.69, 9.17) is 68.4 Å². The number of primary amides is 1. The molecule has 0 saturated carbocycles. The molecular formula is C82H108Br2N4O14. The monoisotopic (exact) mass is 1530 g/mol. The van der Waals surface area contributed by atoms with Crippen molar-refractivity contribution < 1.29 is 67.5 Å². The molecule has 0 aliphatic carbocycles. The standard InChI is InChI=1S/C31H42N4O2.C16H24O4.C16H20O4.C13H17BrO3.C6H5BrO/c1-37-30-10-7-24(6-5-17-33-15-3-2-4-16-33)22-26(30)11-18-34-19-13-28(14-20-34)35-21-12-25-8-9-27(31(32)36)23-29(25)35;2*1-16(2)19-11-14(20-16)10-13-9-12(5-4-8-17)6-7-15(13)18-3;1-13(2)16-8-11(17-13)7-9-6-10(14)4-5-12(9)15-3;7-5-1-3-6(8)4-2-5/h7-10,12,21-23,28H,2-6,11,13-20H2,1H3,(H2,32,36);6-7,9,14,17H,4-5,8,10-11H2,1-3H3;6-7,9,14,17H,8,10-11H2,1-3H3;4-6,11H,7-8H2,1-3H3;1-4,8H. The van der Waals surface area contributed by atoms with Crippen molar-refractivity contribution in [1.29, 1.82) is 0 Å². The lowest BCUT2D eigenvalue weighted by Gasteiger charge is -2.33. The van der Waals surface area contributed by atoms with Gasteiger partial charge in [-0.05, 0) is 249 Å². The van der Waals surface area contributed by atoms with Gasteiger partial charge in [0.25, 0.3) is 0 Å². The summed E-state index contributed by atoms with van der Waals surface area (Å²) in [5.41, 5.74) is 15.3. The van der Waals surface area contributed by atoms with Crippen LogP contribution in [-0.4, -0.2) is 172 Å². The summed E-state index contributed by atoms with van der Waals surface area (Å²) in [7, 11) is 6.80. The molecule has 5 N–H and O–H groups in total. The van der Waals surface area contributed by atoms with E-state index in [0.29, 0.717) is 43.6 Å². The molecular weight excluding hydrogens is 1420 g/mol. The molecule has 5 fully saturated rings. The van der Waals surface area contributed by atoms with Crippen LogP contribution in [0.3, 0.4) is 0 Å². The lowest BCUT2D eigenvalue weighted by Crippen LogP contribution is -2.35. The van der Waals surface area contributed by atoms with Crippen molar-refractivity contribution in [2.45, 2.75) is 167 Å². The number of aliphatic hydroxyl groups is 2. The average Bonchev–Trinajstić information content (AvgIpc) is 1.70. The summed E-state index contributed by atoms with van der Waals surface area (Å²) in [5.74, 6) is 7.59. The Morgan fingerprint density at radius 2 is 1.04 bits per heavy atom. The molecule has 7 aromatic rings. The number of aryl methyl sites for hydroxylation is 2. The molecule has 102 heavy (non-hydrogen) atoms. The topological polar surface area (TPSA) is 207 Å². The Morgan fingerprint density at radius 3 is 1.55 bits per heavy atom. The number of nitrogens with zero attached hydrogens (tertiary/aromatic N) is 3. The van der Waals surface area contributed by atoms with Gasteiger partial charge in [-0.3, -0.25) is 4.79 Å². The van der Waals surface area contributed by atoms with Crippen molar-refractivity contribution in [3.05, 3.63) is 181 Å². The van der Waals surface area contributed by atoms with Gasteiger partial charge in [0.2, 0.25) is 5.91 Å². The highest BCUT2D eigenvalue weighted by molar-refractivity contribution is 9.10. The first-order chi connectivity index (χ1) is 49.0. The maximum atomic E-state index is 11.7. The number of amides is 1. The Hall–Kier alpha value is -6.55. The molecule has 6 heterocycles. The fourth-order valence-electron chi connectivity index (χ4n) is 13.5. The molecule has 0 bridgehead atoms. The van der Waals surface area contributed by atoms with Crippen LogP contribution in [0.4, 0.5) is 0 Å². The quantitative estimate of drug-likeness (QED) is 0.0465. The molecule has 6 aromatic carbocycles. The second-order valence-electron chi connectivity index (χ2n) is 27.7. The van der Waals surface area contributed by atoms with Crippen LogP contribution in [0.15, 0.2) is 136 Å². The number of aliphatic hydroxyl groups excluding tert-OH is 2. The Labute approximate surface area is 621 Å². The van der Waals surface area contributed by atoms with Crippen LogP contribution in [0.2, 0.25) is 0 Å². The van der Waals surface area contributed by atoms with Crippen molar-refractivity contribution >= 4 is 48.7 Å². The third kappa shape index (κ3) is 25.9. The van der Waals surface area contributed by atoms with Crippen molar-refractivity contribution in [2.75, 3.05) is 101 Å². The van der Waals surface area contributed by atoms with Crippen molar-refractivity contribution in [3.8, 4) is 40.6 Å². The van der Waals surface area contributed by atoms with Crippen molar-refractivity contribution in [3.63, 3.8) is 0 Å². The van der Waals surface area contributed by atoms with Crippen LogP contribution in [-0.2, 0) is 66.9 Å². The summed E-state index contributed by atoms with van der Waals surface area (Å²) in [6, 6.07) is 39.9. The number of phenols is 1. The van der Waals surface area contributed by atoms with Gasteiger partial charge in [-0.25, -0.2) is 0 Å². The summed E-state index contributed by atoms with van der Waals surface area (Å²) >= 11 is 6.70. The number of aromatic nitrogens is 1. The van der Waals surface area contributed by atoms with Crippen LogP contribution in [0.1, 0.15) is 142 Å². The average molecular weight is 1530 g/mol. The number of phenolic OH excluding ortho intramolecular Hbond substituents is 1. The Bertz CT molecular complexity index is 3780. The van der Waals surface area contributed by atoms with Crippen molar-refractivity contribution in [2.24, 2.45) is 5.73 Å². The van der Waals surface area contributed by atoms with Gasteiger partial charge in [0.1, 0.15) is 35.4 Å². The second-order valence-corrected chi connectivity index (χ2v) is 29.5. The maximum absolute atomic E-state index is 11.7. The molecule has 18 nitrogen and oxygen atoms in total. The molecule has 5 aliphatic rings. The van der Waals surface area contributed by atoms with E-state index in [1.165, 1.54) is 62.0 Å². The van der Waals surface area contributed by atoms with Gasteiger partial charge in [-0.15, -0.1) is 0 Å². The van der Waals surface area contributed by atoms with Crippen LogP contribution >= 0.6 is 31.9 Å². The number of fused-ring (bicyclic) bond motifs is 1. The number of aromatic hydroxyl groups is 1. The largest absolute Gasteiger partial charge is 0.508 e. The van der Waals surface area contributed by atoms with Crippen LogP contribution < -0.4 is 24.7 Å². The SMILES string of the molecule is COc1ccc(Br)cc1CC1COC(C)(C)O1.COc1ccc(C#CCO)cc1CC1COC(C)(C)O1.COc1ccc(CCCN2CCCCC2)cc1CCN1CCC(n2ccc3ccc(C(N)=O)cc32)CC1.COc1ccc(CCCO)cc1CC1COC(C)(C)O1.Oc1ccc(Br)cc1. The van der Waals surface area contributed by atoms with E-state index < -0.39 is 17.4 Å². The van der Waals surface area contributed by atoms with Crippen LogP contribution in [0.25, 0.3) is 10.9 Å². The highest BCUT2D eigenvalue weighted by Gasteiger charge is 2.36. The van der Waals surface area contributed by atoms with Gasteiger partial charge in [-0.1, -0.05) is 80.5 Å². The summed E-state index contributed by atoms with van der Waals surface area (Å²) < 4.78 is 60.4. The molecule has 1 aromatic heterocycles. The van der Waals surface area contributed by atoms with Gasteiger partial charge in [-0.2, -0.15) is 0 Å². The number of likely N-dealkylation sites (tertiary alicyclic amines) is 2. The first kappa shape index (κ1) is 81.1. The molecule has 0 spiro atoms. The van der Waals surface area contributed by atoms with E-state index in [0.717, 1.165) is 136 Å². The van der Waals surface area contributed by atoms with E-state index in [-0.39, 0.29) is 37.4 Å². The zero-order valence-electron chi connectivity index (χ0n) is 61.4. The molecule has 3 unspecified atom stereocenters. The van der Waals surface area contributed by atoms with Gasteiger partial charge in [0.05, 0.1) is 66.6 Å². The number of carbonyl (C=O) groups excluding carboxylic acids is 1. The van der Waals surface area contributed by atoms with Gasteiger partial charge in [0.15, 0.2) is 17.4 Å². The third-order valence-electron chi connectivity index (χ3n) is 18.6. The number of nitrogens with two attached hydrogens (primary N) is 1. The smallest absolute Gasteiger partial charge is 0.248 e. The molecule has 12 rings (SSSR count). The number of methoxy groups -OCH3 is 4. The minimum absolute atomic E-state index is 0.0138. The predicted octanol–water partition coefficient (Wildman–Crippen LogP) is 14.4. The summed E-state index contributed by atoms with van der Waals surface area (Å²) in [6.07, 6.45) is 16.0. The normalized spacial score (nSPS) is 19.1. The van der Waals surface area contributed by atoms with E-state index in [1.807, 2.05) is 102 Å². The fourth-order valence-corrected chi connectivity index (χ4v) is 14.1. The van der Waals surface area contributed by atoms with E-state index in [9.17, 15) is 4.79 Å². The lowest BCUT2D eigenvalue weighted by atomic mass is 10.0. The molecule has 1 amide bonds. The molecule has 0 radical (unpaired) electrons. The number of hydrogen-bond acceptors (Lipinski definition) is 16. The first-order valence-electron chi connectivity index (χ1n) is 35.7. The molecule has 554 valence electrons. The van der Waals surface area contributed by atoms with Crippen molar-refractivity contribution in [1.82, 2.24) is 14.4 Å². The Kier molecular flexibility index (Phi) is 31.9. The Morgan fingerprint density at radius 1 is 0.549 bits per heavy atom. The van der Waals surface area contributed by atoms with E-state index in [2.05, 4.69) is 101 Å². The number of hydrogen-bond donors (Lipinski definition) is 4. The minimum Gasteiger partial charge on any atom is -0.508 e. The summed E-state index contributed by atoms with van der Waals surface area (Å²) in [6.45, 7) is 20.4. The van der Waals surface area contributed by atoms with Gasteiger partial charge < -0.3 is 82.8 Å². The number of ether oxygens (including phenoxy) is 10. The lowest BCUT2D eigenvalue weighted by molar-refractivity contribution is -0.138. The van der Waals surface area contributed by atoms with E-state index in [1.54, 1.807) is 52.7 Å². The zero-order valence-corrected chi connectivity index (χ0v) is 64.6. The highest BCUT2D eigenvalue weighted by atomic mass is 79.9. The van der Waals surface area contributed by atoms with Crippen LogP contribution in [0, 0.1) is 11.8 Å². The zero-order chi connectivity index (χ0) is 73.2. The van der Waals surface area contributed by atoms with Gasteiger partial charge >= 0.3 is 0 Å².